The van der Waals surface area contributed by atoms with Gasteiger partial charge in [0.2, 0.25) is 0 Å². The molecule has 2 N–H and O–H groups in total. The van der Waals surface area contributed by atoms with E-state index in [0.717, 1.165) is 22.8 Å². The molecule has 0 fully saturated rings. The van der Waals surface area contributed by atoms with Crippen molar-refractivity contribution in [2.45, 2.75) is 6.42 Å². The summed E-state index contributed by atoms with van der Waals surface area (Å²) in [6, 6.07) is 5.81. The largest absolute Gasteiger partial charge is 0.481 e. The van der Waals surface area contributed by atoms with Crippen molar-refractivity contribution in [2.24, 2.45) is 4.99 Å². The third-order valence-electron chi connectivity index (χ3n) is 2.85. The molecule has 2 heterocycles. The second-order valence-corrected chi connectivity index (χ2v) is 3.95. The third kappa shape index (κ3) is 1.56. The minimum absolute atomic E-state index is 0.00855. The molecule has 1 aromatic carbocycles. The molecule has 0 amide bonds. The van der Waals surface area contributed by atoms with Gasteiger partial charge in [-0.1, -0.05) is 6.07 Å². The molecule has 0 bridgehead atoms. The van der Waals surface area contributed by atoms with Crippen LogP contribution in [-0.2, 0) is 4.79 Å². The van der Waals surface area contributed by atoms with E-state index in [2.05, 4.69) is 10.3 Å². The Morgan fingerprint density at radius 3 is 3.24 bits per heavy atom. The lowest BCUT2D eigenvalue weighted by Gasteiger charge is -2.34. The summed E-state index contributed by atoms with van der Waals surface area (Å²) in [5.41, 5.74) is 3.56. The van der Waals surface area contributed by atoms with E-state index in [-0.39, 0.29) is 6.42 Å². The van der Waals surface area contributed by atoms with Crippen molar-refractivity contribution in [2.75, 3.05) is 16.8 Å². The van der Waals surface area contributed by atoms with Crippen LogP contribution >= 0.6 is 0 Å². The lowest BCUT2D eigenvalue weighted by atomic mass is 10.1. The lowest BCUT2D eigenvalue weighted by molar-refractivity contribution is -0.136. The molecule has 0 radical (unpaired) electrons. The molecule has 0 aliphatic carbocycles. The summed E-state index contributed by atoms with van der Waals surface area (Å²) in [7, 11) is 0. The van der Waals surface area contributed by atoms with Crippen LogP contribution in [0.25, 0.3) is 0 Å². The topological polar surface area (TPSA) is 64.9 Å². The summed E-state index contributed by atoms with van der Waals surface area (Å²) in [6.45, 7) is 0.616. The number of carboxylic acids is 1. The van der Waals surface area contributed by atoms with Crippen LogP contribution in [0.4, 0.5) is 17.1 Å². The van der Waals surface area contributed by atoms with E-state index < -0.39 is 5.97 Å². The molecule has 0 aromatic heterocycles. The van der Waals surface area contributed by atoms with Crippen LogP contribution in [0.3, 0.4) is 0 Å². The van der Waals surface area contributed by atoms with Crippen molar-refractivity contribution < 1.29 is 9.90 Å². The molecular weight excluding hydrogens is 218 g/mol. The number of rotatable bonds is 2. The molecule has 0 atom stereocenters. The number of para-hydroxylation sites is 1. The monoisotopic (exact) mass is 229 g/mol. The first-order chi connectivity index (χ1) is 8.25. The van der Waals surface area contributed by atoms with Crippen molar-refractivity contribution in [3.63, 3.8) is 0 Å². The fourth-order valence-electron chi connectivity index (χ4n) is 2.15. The van der Waals surface area contributed by atoms with Crippen LogP contribution in [0.2, 0.25) is 0 Å². The van der Waals surface area contributed by atoms with E-state index >= 15 is 0 Å². The van der Waals surface area contributed by atoms with Gasteiger partial charge in [0.1, 0.15) is 0 Å². The summed E-state index contributed by atoms with van der Waals surface area (Å²) in [5, 5.41) is 12.0. The summed E-state index contributed by atoms with van der Waals surface area (Å²) < 4.78 is 0. The fourth-order valence-corrected chi connectivity index (χ4v) is 2.15. The predicted octanol–water partition coefficient (Wildman–Crippen LogP) is 1.95. The van der Waals surface area contributed by atoms with Gasteiger partial charge in [-0.15, -0.1) is 0 Å². The van der Waals surface area contributed by atoms with Crippen LogP contribution in [0.1, 0.15) is 6.42 Å². The number of aliphatic imine (C=N–C) groups is 1. The second kappa shape index (κ2) is 3.62. The molecule has 0 saturated carbocycles. The lowest BCUT2D eigenvalue weighted by Crippen LogP contribution is -2.31. The third-order valence-corrected chi connectivity index (χ3v) is 2.85. The highest BCUT2D eigenvalue weighted by Gasteiger charge is 2.25. The van der Waals surface area contributed by atoms with Crippen molar-refractivity contribution in [1.82, 2.24) is 0 Å². The average Bonchev–Trinajstić information content (AvgIpc) is 2.33. The SMILES string of the molecule is O=C(O)CC1=CNc2cccc3c2N1CC=N3. The molecule has 1 aromatic rings. The maximum absolute atomic E-state index is 10.8. The maximum atomic E-state index is 10.8. The molecular formula is C12H11N3O2. The number of hydrogen-bond acceptors (Lipinski definition) is 4. The summed E-state index contributed by atoms with van der Waals surface area (Å²) in [4.78, 5) is 17.1. The van der Waals surface area contributed by atoms with Gasteiger partial charge in [-0.25, -0.2) is 0 Å². The molecule has 17 heavy (non-hydrogen) atoms. The fraction of sp³-hybridized carbons (Fsp3) is 0.167. The van der Waals surface area contributed by atoms with Crippen LogP contribution in [0, 0.1) is 0 Å². The maximum Gasteiger partial charge on any atom is 0.309 e. The number of aliphatic carboxylic acids is 1. The highest BCUT2D eigenvalue weighted by atomic mass is 16.4. The van der Waals surface area contributed by atoms with Crippen LogP contribution in [0.5, 0.6) is 0 Å². The van der Waals surface area contributed by atoms with Crippen molar-refractivity contribution in [1.29, 1.82) is 0 Å². The van der Waals surface area contributed by atoms with Gasteiger partial charge < -0.3 is 15.3 Å². The quantitative estimate of drug-likeness (QED) is 0.813. The van der Waals surface area contributed by atoms with Crippen LogP contribution < -0.4 is 10.2 Å². The predicted molar refractivity (Wildman–Crippen MR) is 65.9 cm³/mol. The summed E-state index contributed by atoms with van der Waals surface area (Å²) in [5.74, 6) is -0.832. The van der Waals surface area contributed by atoms with Crippen molar-refractivity contribution in [3.8, 4) is 0 Å². The molecule has 5 heteroatoms. The molecule has 0 saturated heterocycles. The van der Waals surface area contributed by atoms with Crippen molar-refractivity contribution in [3.05, 3.63) is 30.1 Å². The number of hydrogen-bond donors (Lipinski definition) is 2. The van der Waals surface area contributed by atoms with E-state index in [0.29, 0.717) is 6.54 Å². The Hall–Kier alpha value is -2.30. The zero-order valence-electron chi connectivity index (χ0n) is 9.05. The van der Waals surface area contributed by atoms with Gasteiger partial charge in [0.05, 0.1) is 30.0 Å². The zero-order chi connectivity index (χ0) is 11.8. The molecule has 2 aliphatic rings. The van der Waals surface area contributed by atoms with Crippen LogP contribution in [0.15, 0.2) is 35.1 Å². The molecule has 0 spiro atoms. The minimum atomic E-state index is -0.832. The van der Waals surface area contributed by atoms with Gasteiger partial charge in [-0.05, 0) is 12.1 Å². The number of anilines is 2. The van der Waals surface area contributed by atoms with E-state index in [1.54, 1.807) is 12.4 Å². The first-order valence-electron chi connectivity index (χ1n) is 5.36. The minimum Gasteiger partial charge on any atom is -0.481 e. The Kier molecular flexibility index (Phi) is 2.11. The van der Waals surface area contributed by atoms with E-state index in [9.17, 15) is 4.79 Å². The Balaban J connectivity index is 2.06. The van der Waals surface area contributed by atoms with Crippen LogP contribution in [-0.4, -0.2) is 23.8 Å². The number of nitrogens with zero attached hydrogens (tertiary/aromatic N) is 2. The molecule has 2 aliphatic heterocycles. The molecule has 0 unspecified atom stereocenters. The molecule has 5 nitrogen and oxygen atoms in total. The Morgan fingerprint density at radius 1 is 1.53 bits per heavy atom. The Morgan fingerprint density at radius 2 is 2.41 bits per heavy atom. The second-order valence-electron chi connectivity index (χ2n) is 3.95. The highest BCUT2D eigenvalue weighted by Crippen LogP contribution is 2.42. The normalized spacial score (nSPS) is 16.0. The van der Waals surface area contributed by atoms with E-state index in [1.165, 1.54) is 0 Å². The number of carbonyl (C=O) groups is 1. The average molecular weight is 229 g/mol. The Bertz CT molecular complexity index is 549. The summed E-state index contributed by atoms with van der Waals surface area (Å²) in [6.07, 6.45) is 3.56. The van der Waals surface area contributed by atoms with Gasteiger partial charge in [0.15, 0.2) is 0 Å². The first kappa shape index (κ1) is 9.89. The number of nitrogens with one attached hydrogen (secondary N) is 1. The highest BCUT2D eigenvalue weighted by molar-refractivity contribution is 5.93. The summed E-state index contributed by atoms with van der Waals surface area (Å²) >= 11 is 0. The van der Waals surface area contributed by atoms with Gasteiger partial charge in [-0.3, -0.25) is 9.79 Å². The smallest absolute Gasteiger partial charge is 0.309 e. The number of benzene rings is 1. The standard InChI is InChI=1S/C12H11N3O2/c16-11(17)6-8-7-14-10-3-1-2-9-12(10)15(8)5-4-13-9/h1-4,7,14H,5-6H2,(H,16,17). The van der Waals surface area contributed by atoms with Gasteiger partial charge in [-0.2, -0.15) is 0 Å². The van der Waals surface area contributed by atoms with Gasteiger partial charge in [0, 0.05) is 18.1 Å². The van der Waals surface area contributed by atoms with E-state index in [4.69, 9.17) is 5.11 Å². The molecule has 3 rings (SSSR count). The van der Waals surface area contributed by atoms with Gasteiger partial charge >= 0.3 is 5.97 Å². The zero-order valence-corrected chi connectivity index (χ0v) is 9.05. The number of carboxylic acid groups (broad SMARTS) is 1. The molecule has 86 valence electrons. The Labute approximate surface area is 98.1 Å². The van der Waals surface area contributed by atoms with E-state index in [1.807, 2.05) is 23.1 Å². The first-order valence-corrected chi connectivity index (χ1v) is 5.36. The van der Waals surface area contributed by atoms with Crippen molar-refractivity contribution >= 4 is 29.2 Å². The van der Waals surface area contributed by atoms with Gasteiger partial charge in [0.25, 0.3) is 0 Å².